The van der Waals surface area contributed by atoms with E-state index in [1.165, 1.54) is 12.8 Å². The van der Waals surface area contributed by atoms with E-state index in [1.807, 2.05) is 0 Å². The van der Waals surface area contributed by atoms with Crippen molar-refractivity contribution in [1.82, 2.24) is 10.3 Å². The zero-order chi connectivity index (χ0) is 19.5. The molecule has 1 aromatic heterocycles. The Kier molecular flexibility index (Phi) is 8.46. The molecule has 2 amide bonds. The molecule has 2 fully saturated rings. The summed E-state index contributed by atoms with van der Waals surface area (Å²) in [5.41, 5.74) is 6.28. The quantitative estimate of drug-likeness (QED) is 0.619. The predicted octanol–water partition coefficient (Wildman–Crippen LogP) is 3.68. The minimum Gasteiger partial charge on any atom is -0.439 e. The number of nitrogens with one attached hydrogen (secondary N) is 2. The Labute approximate surface area is 188 Å². The SMILES string of the molecule is Cl.Cl.NC(=O)c1cccc(Oc2ccc(NC(=O)CC3CC4CCC(C3)N4)cn2)c1. The van der Waals surface area contributed by atoms with Crippen molar-refractivity contribution in [3.63, 3.8) is 0 Å². The molecule has 30 heavy (non-hydrogen) atoms. The Morgan fingerprint density at radius 1 is 1.13 bits per heavy atom. The van der Waals surface area contributed by atoms with Gasteiger partial charge >= 0.3 is 0 Å². The van der Waals surface area contributed by atoms with E-state index in [2.05, 4.69) is 15.6 Å². The Morgan fingerprint density at radius 3 is 2.50 bits per heavy atom. The van der Waals surface area contributed by atoms with Gasteiger partial charge in [0.15, 0.2) is 0 Å². The van der Waals surface area contributed by atoms with Crippen LogP contribution in [0.1, 0.15) is 42.5 Å². The monoisotopic (exact) mass is 452 g/mol. The van der Waals surface area contributed by atoms with Crippen molar-refractivity contribution in [2.24, 2.45) is 11.7 Å². The molecule has 2 atom stereocenters. The number of rotatable bonds is 6. The number of piperidine rings is 1. The highest BCUT2D eigenvalue weighted by Gasteiger charge is 2.34. The van der Waals surface area contributed by atoms with E-state index in [0.29, 0.717) is 47.3 Å². The van der Waals surface area contributed by atoms with Crippen molar-refractivity contribution in [2.75, 3.05) is 5.32 Å². The summed E-state index contributed by atoms with van der Waals surface area (Å²) in [5, 5.41) is 6.51. The molecule has 2 unspecified atom stereocenters. The van der Waals surface area contributed by atoms with Crippen LogP contribution in [0.3, 0.4) is 0 Å². The minimum absolute atomic E-state index is 0. The molecule has 9 heteroatoms. The second-order valence-electron chi connectivity index (χ2n) is 7.61. The number of nitrogens with two attached hydrogens (primary N) is 1. The summed E-state index contributed by atoms with van der Waals surface area (Å²) in [6.45, 7) is 0. The van der Waals surface area contributed by atoms with Gasteiger partial charge in [-0.3, -0.25) is 9.59 Å². The third-order valence-electron chi connectivity index (χ3n) is 5.41. The van der Waals surface area contributed by atoms with Gasteiger partial charge in [0.25, 0.3) is 0 Å². The molecule has 4 rings (SSSR count). The number of ether oxygens (including phenoxy) is 1. The molecular weight excluding hydrogens is 427 g/mol. The van der Waals surface area contributed by atoms with Crippen molar-refractivity contribution in [1.29, 1.82) is 0 Å². The molecule has 162 valence electrons. The van der Waals surface area contributed by atoms with Gasteiger partial charge in [-0.1, -0.05) is 6.07 Å². The van der Waals surface area contributed by atoms with E-state index >= 15 is 0 Å². The maximum atomic E-state index is 12.4. The molecule has 3 heterocycles. The first kappa shape index (κ1) is 23.9. The maximum absolute atomic E-state index is 12.4. The second kappa shape index (κ2) is 10.6. The number of fused-ring (bicyclic) bond motifs is 2. The molecule has 0 spiro atoms. The average molecular weight is 453 g/mol. The van der Waals surface area contributed by atoms with E-state index in [1.54, 1.807) is 42.6 Å². The lowest BCUT2D eigenvalue weighted by atomic mass is 9.89. The summed E-state index contributed by atoms with van der Waals surface area (Å²) in [4.78, 5) is 27.8. The highest BCUT2D eigenvalue weighted by Crippen LogP contribution is 2.32. The van der Waals surface area contributed by atoms with Crippen LogP contribution in [0.15, 0.2) is 42.6 Å². The first-order valence-electron chi connectivity index (χ1n) is 9.65. The lowest BCUT2D eigenvalue weighted by Crippen LogP contribution is -2.39. The van der Waals surface area contributed by atoms with Crippen LogP contribution >= 0.6 is 24.8 Å². The molecule has 0 saturated carbocycles. The summed E-state index contributed by atoms with van der Waals surface area (Å²) in [6, 6.07) is 11.2. The summed E-state index contributed by atoms with van der Waals surface area (Å²) in [5.74, 6) is 0.802. The van der Waals surface area contributed by atoms with Crippen molar-refractivity contribution in [2.45, 2.75) is 44.2 Å². The van der Waals surface area contributed by atoms with E-state index in [0.717, 1.165) is 12.8 Å². The number of hydrogen-bond donors (Lipinski definition) is 3. The average Bonchev–Trinajstić information content (AvgIpc) is 3.02. The first-order valence-corrected chi connectivity index (χ1v) is 9.65. The summed E-state index contributed by atoms with van der Waals surface area (Å²) < 4.78 is 5.64. The number of benzene rings is 1. The van der Waals surface area contributed by atoms with E-state index in [-0.39, 0.29) is 30.7 Å². The Bertz CT molecular complexity index is 867. The largest absolute Gasteiger partial charge is 0.439 e. The molecule has 0 radical (unpaired) electrons. The fourth-order valence-electron chi connectivity index (χ4n) is 4.16. The number of aromatic nitrogens is 1. The summed E-state index contributed by atoms with van der Waals surface area (Å²) in [6.07, 6.45) is 6.75. The minimum atomic E-state index is -0.516. The van der Waals surface area contributed by atoms with E-state index in [4.69, 9.17) is 10.5 Å². The first-order chi connectivity index (χ1) is 13.5. The van der Waals surface area contributed by atoms with Crippen LogP contribution in [0.4, 0.5) is 5.69 Å². The molecule has 2 aromatic rings. The third kappa shape index (κ3) is 6.08. The molecule has 2 saturated heterocycles. The van der Waals surface area contributed by atoms with E-state index in [9.17, 15) is 9.59 Å². The number of carbonyl (C=O) groups excluding carboxylic acids is 2. The number of carbonyl (C=O) groups is 2. The number of anilines is 1. The van der Waals surface area contributed by atoms with Gasteiger partial charge < -0.3 is 21.1 Å². The van der Waals surface area contributed by atoms with Crippen LogP contribution in [0.5, 0.6) is 11.6 Å². The fourth-order valence-corrected chi connectivity index (χ4v) is 4.16. The van der Waals surface area contributed by atoms with Crippen LogP contribution in [-0.4, -0.2) is 28.9 Å². The van der Waals surface area contributed by atoms with Crippen LogP contribution in [0, 0.1) is 5.92 Å². The summed E-state index contributed by atoms with van der Waals surface area (Å²) >= 11 is 0. The molecule has 2 aliphatic heterocycles. The fraction of sp³-hybridized carbons (Fsp3) is 0.381. The number of hydrogen-bond acceptors (Lipinski definition) is 5. The number of primary amides is 1. The van der Waals surface area contributed by atoms with Gasteiger partial charge in [0.05, 0.1) is 11.9 Å². The molecule has 1 aromatic carbocycles. The number of amides is 2. The van der Waals surface area contributed by atoms with Crippen molar-refractivity contribution in [3.05, 3.63) is 48.2 Å². The Hall–Kier alpha value is -2.35. The second-order valence-corrected chi connectivity index (χ2v) is 7.61. The molecule has 4 N–H and O–H groups in total. The highest BCUT2D eigenvalue weighted by atomic mass is 35.5. The standard InChI is InChI=1S/C21H24N4O3.2ClH/c22-21(27)14-2-1-3-18(11-14)28-20-7-6-17(12-23-20)25-19(26)10-13-8-15-4-5-16(9-13)24-15;;/h1-3,6-7,11-13,15-16,24H,4-5,8-10H2,(H2,22,27)(H,25,26);2*1H. The van der Waals surface area contributed by atoms with Gasteiger partial charge in [-0.05, 0) is 55.9 Å². The van der Waals surface area contributed by atoms with Crippen molar-refractivity contribution >= 4 is 42.3 Å². The number of nitrogens with zero attached hydrogens (tertiary/aromatic N) is 1. The maximum Gasteiger partial charge on any atom is 0.248 e. The molecule has 7 nitrogen and oxygen atoms in total. The van der Waals surface area contributed by atoms with Crippen LogP contribution in [0.2, 0.25) is 0 Å². The van der Waals surface area contributed by atoms with Gasteiger partial charge in [-0.25, -0.2) is 4.98 Å². The number of pyridine rings is 1. The third-order valence-corrected chi connectivity index (χ3v) is 5.41. The molecule has 2 aliphatic rings. The van der Waals surface area contributed by atoms with Crippen LogP contribution < -0.4 is 21.1 Å². The van der Waals surface area contributed by atoms with Gasteiger partial charge in [0, 0.05) is 30.1 Å². The molecule has 2 bridgehead atoms. The molecular formula is C21H26Cl2N4O3. The van der Waals surface area contributed by atoms with Gasteiger partial charge in [0.2, 0.25) is 17.7 Å². The predicted molar refractivity (Wildman–Crippen MR) is 120 cm³/mol. The Morgan fingerprint density at radius 2 is 1.87 bits per heavy atom. The van der Waals surface area contributed by atoms with Crippen molar-refractivity contribution in [3.8, 4) is 11.6 Å². The van der Waals surface area contributed by atoms with Gasteiger partial charge in [-0.2, -0.15) is 0 Å². The highest BCUT2D eigenvalue weighted by molar-refractivity contribution is 5.93. The topological polar surface area (TPSA) is 106 Å². The van der Waals surface area contributed by atoms with Crippen LogP contribution in [0.25, 0.3) is 0 Å². The number of halogens is 2. The van der Waals surface area contributed by atoms with Gasteiger partial charge in [0.1, 0.15) is 5.75 Å². The lowest BCUT2D eigenvalue weighted by molar-refractivity contribution is -0.117. The van der Waals surface area contributed by atoms with E-state index < -0.39 is 5.91 Å². The Balaban J connectivity index is 0.00000160. The smallest absolute Gasteiger partial charge is 0.248 e. The molecule has 0 aliphatic carbocycles. The zero-order valence-corrected chi connectivity index (χ0v) is 18.0. The zero-order valence-electron chi connectivity index (χ0n) is 16.4. The van der Waals surface area contributed by atoms with Gasteiger partial charge in [-0.15, -0.1) is 24.8 Å². The van der Waals surface area contributed by atoms with Crippen molar-refractivity contribution < 1.29 is 14.3 Å². The van der Waals surface area contributed by atoms with Crippen LogP contribution in [-0.2, 0) is 4.79 Å². The summed E-state index contributed by atoms with van der Waals surface area (Å²) in [7, 11) is 0. The normalized spacial score (nSPS) is 21.7. The lowest BCUT2D eigenvalue weighted by Gasteiger charge is -2.28.